The average molecular weight is 414 g/mol. The van der Waals surface area contributed by atoms with E-state index in [4.69, 9.17) is 19.9 Å². The second kappa shape index (κ2) is 7.55. The lowest BCUT2D eigenvalue weighted by molar-refractivity contribution is 0.145. The molecule has 0 atom stereocenters. The van der Waals surface area contributed by atoms with E-state index in [1.165, 1.54) is 0 Å². The minimum atomic E-state index is -1.41. The molecule has 31 heavy (non-hydrogen) atoms. The highest BCUT2D eigenvalue weighted by molar-refractivity contribution is 6.15. The van der Waals surface area contributed by atoms with Crippen LogP contribution in [0.2, 0.25) is 0 Å². The number of hydrogen-bond acceptors (Lipinski definition) is 5. The Hall–Kier alpha value is -4.23. The Morgan fingerprint density at radius 2 is 1.74 bits per heavy atom. The highest BCUT2D eigenvalue weighted by atomic mass is 16.7. The van der Waals surface area contributed by atoms with Crippen LogP contribution in [0, 0.1) is 0 Å². The standard InChI is InChI=1S/C24H18N2O5/c25-31-20-9-4-8-17-22(20)23-18(26(17)14-15-6-2-1-3-7-15)12-16(19-10-5-11-29-19)13-21(23)30-24(27)28/h1-13H,14,25H2,(H,27,28). The summed E-state index contributed by atoms with van der Waals surface area (Å²) in [5.41, 5.74) is 3.40. The van der Waals surface area contributed by atoms with Gasteiger partial charge in [0, 0.05) is 12.1 Å². The monoisotopic (exact) mass is 414 g/mol. The molecule has 2 heterocycles. The Labute approximate surface area is 176 Å². The molecule has 5 aromatic rings. The predicted molar refractivity (Wildman–Crippen MR) is 116 cm³/mol. The van der Waals surface area contributed by atoms with Crippen molar-refractivity contribution in [3.05, 3.63) is 84.6 Å². The van der Waals surface area contributed by atoms with Crippen molar-refractivity contribution in [1.82, 2.24) is 4.57 Å². The fraction of sp³-hybridized carbons (Fsp3) is 0.0417. The molecule has 0 bridgehead atoms. The van der Waals surface area contributed by atoms with Crippen LogP contribution in [0.1, 0.15) is 5.56 Å². The van der Waals surface area contributed by atoms with E-state index in [2.05, 4.69) is 4.57 Å². The van der Waals surface area contributed by atoms with E-state index in [1.807, 2.05) is 54.6 Å². The summed E-state index contributed by atoms with van der Waals surface area (Å²) in [7, 11) is 0. The molecular formula is C24H18N2O5. The summed E-state index contributed by atoms with van der Waals surface area (Å²) in [6.45, 7) is 0.559. The normalized spacial score (nSPS) is 11.1. The van der Waals surface area contributed by atoms with Crippen molar-refractivity contribution in [2.75, 3.05) is 0 Å². The fourth-order valence-corrected chi connectivity index (χ4v) is 3.98. The first-order valence-electron chi connectivity index (χ1n) is 9.60. The lowest BCUT2D eigenvalue weighted by Crippen LogP contribution is -2.04. The lowest BCUT2D eigenvalue weighted by Gasteiger charge is -2.10. The molecule has 0 aliphatic rings. The van der Waals surface area contributed by atoms with Crippen molar-refractivity contribution in [2.45, 2.75) is 6.54 Å². The molecule has 0 radical (unpaired) electrons. The Bertz CT molecular complexity index is 1390. The maximum Gasteiger partial charge on any atom is 0.511 e. The van der Waals surface area contributed by atoms with Gasteiger partial charge in [-0.15, -0.1) is 0 Å². The molecule has 3 aromatic carbocycles. The largest absolute Gasteiger partial charge is 0.511 e. The minimum Gasteiger partial charge on any atom is -0.464 e. The quantitative estimate of drug-likeness (QED) is 0.227. The first kappa shape index (κ1) is 18.8. The van der Waals surface area contributed by atoms with Gasteiger partial charge in [0.2, 0.25) is 0 Å². The third-order valence-electron chi connectivity index (χ3n) is 5.23. The van der Waals surface area contributed by atoms with Gasteiger partial charge in [-0.05, 0) is 42.0 Å². The Morgan fingerprint density at radius 3 is 2.45 bits per heavy atom. The average Bonchev–Trinajstić information content (AvgIpc) is 3.41. The zero-order valence-electron chi connectivity index (χ0n) is 16.3. The summed E-state index contributed by atoms with van der Waals surface area (Å²) in [6.07, 6.45) is 0.157. The van der Waals surface area contributed by atoms with Crippen molar-refractivity contribution in [2.24, 2.45) is 5.90 Å². The van der Waals surface area contributed by atoms with E-state index in [0.717, 1.165) is 16.6 Å². The molecule has 0 spiro atoms. The number of aromatic nitrogens is 1. The van der Waals surface area contributed by atoms with Gasteiger partial charge in [-0.3, -0.25) is 0 Å². The van der Waals surface area contributed by atoms with Crippen molar-refractivity contribution in [3.8, 4) is 22.8 Å². The maximum absolute atomic E-state index is 11.5. The van der Waals surface area contributed by atoms with Crippen LogP contribution in [0.25, 0.3) is 33.1 Å². The van der Waals surface area contributed by atoms with Gasteiger partial charge in [-0.25, -0.2) is 4.79 Å². The van der Waals surface area contributed by atoms with E-state index >= 15 is 0 Å². The molecule has 0 fully saturated rings. The molecule has 2 aromatic heterocycles. The molecule has 0 saturated carbocycles. The van der Waals surface area contributed by atoms with Crippen molar-refractivity contribution >= 4 is 28.0 Å². The van der Waals surface area contributed by atoms with Crippen LogP contribution in [0.5, 0.6) is 11.5 Å². The highest BCUT2D eigenvalue weighted by Gasteiger charge is 2.22. The molecule has 0 saturated heterocycles. The second-order valence-electron chi connectivity index (χ2n) is 7.05. The zero-order chi connectivity index (χ0) is 21.4. The Morgan fingerprint density at radius 1 is 0.935 bits per heavy atom. The summed E-state index contributed by atoms with van der Waals surface area (Å²) in [4.78, 5) is 16.6. The molecular weight excluding hydrogens is 396 g/mol. The number of rotatable bonds is 5. The second-order valence-corrected chi connectivity index (χ2v) is 7.05. The summed E-state index contributed by atoms with van der Waals surface area (Å²) < 4.78 is 12.8. The van der Waals surface area contributed by atoms with E-state index < -0.39 is 6.16 Å². The number of nitrogens with zero attached hydrogens (tertiary/aromatic N) is 1. The van der Waals surface area contributed by atoms with E-state index in [0.29, 0.717) is 34.4 Å². The Kier molecular flexibility index (Phi) is 4.57. The number of benzene rings is 3. The van der Waals surface area contributed by atoms with Gasteiger partial charge in [-0.2, -0.15) is 5.90 Å². The molecule has 3 N–H and O–H groups in total. The molecule has 5 rings (SSSR count). The van der Waals surface area contributed by atoms with Gasteiger partial charge in [-0.1, -0.05) is 36.4 Å². The van der Waals surface area contributed by atoms with Crippen LogP contribution in [0.3, 0.4) is 0 Å². The van der Waals surface area contributed by atoms with Crippen molar-refractivity contribution in [3.63, 3.8) is 0 Å². The van der Waals surface area contributed by atoms with Crippen LogP contribution in [-0.4, -0.2) is 15.8 Å². The third-order valence-corrected chi connectivity index (χ3v) is 5.23. The lowest BCUT2D eigenvalue weighted by atomic mass is 10.1. The smallest absolute Gasteiger partial charge is 0.464 e. The van der Waals surface area contributed by atoms with Gasteiger partial charge in [0.05, 0.1) is 28.1 Å². The fourth-order valence-electron chi connectivity index (χ4n) is 3.98. The number of fused-ring (bicyclic) bond motifs is 3. The van der Waals surface area contributed by atoms with Crippen molar-refractivity contribution < 1.29 is 23.9 Å². The third kappa shape index (κ3) is 3.27. The summed E-state index contributed by atoms with van der Waals surface area (Å²) >= 11 is 0. The number of ether oxygens (including phenoxy) is 1. The van der Waals surface area contributed by atoms with Gasteiger partial charge >= 0.3 is 6.16 Å². The van der Waals surface area contributed by atoms with Crippen LogP contribution in [0.15, 0.2) is 83.5 Å². The minimum absolute atomic E-state index is 0.178. The molecule has 0 unspecified atom stereocenters. The molecule has 7 nitrogen and oxygen atoms in total. The van der Waals surface area contributed by atoms with Crippen LogP contribution < -0.4 is 15.5 Å². The van der Waals surface area contributed by atoms with E-state index in [9.17, 15) is 9.90 Å². The van der Waals surface area contributed by atoms with Crippen molar-refractivity contribution in [1.29, 1.82) is 0 Å². The van der Waals surface area contributed by atoms with Crippen LogP contribution in [0.4, 0.5) is 4.79 Å². The number of furan rings is 1. The van der Waals surface area contributed by atoms with E-state index in [1.54, 1.807) is 24.5 Å². The first-order chi connectivity index (χ1) is 15.2. The van der Waals surface area contributed by atoms with E-state index in [-0.39, 0.29) is 5.75 Å². The maximum atomic E-state index is 11.5. The molecule has 0 amide bonds. The van der Waals surface area contributed by atoms with Crippen LogP contribution >= 0.6 is 0 Å². The predicted octanol–water partition coefficient (Wildman–Crippen LogP) is 5.41. The molecule has 154 valence electrons. The van der Waals surface area contributed by atoms with Gasteiger partial charge in [0.1, 0.15) is 11.5 Å². The number of hydrogen-bond donors (Lipinski definition) is 2. The highest BCUT2D eigenvalue weighted by Crippen LogP contribution is 2.43. The summed E-state index contributed by atoms with van der Waals surface area (Å²) in [5, 5.41) is 10.7. The van der Waals surface area contributed by atoms with Gasteiger partial charge < -0.3 is 23.7 Å². The molecule has 0 aliphatic carbocycles. The molecule has 7 heteroatoms. The summed E-state index contributed by atoms with van der Waals surface area (Å²) in [6, 6.07) is 22.7. The SMILES string of the molecule is NOc1cccc2c1c1c(OC(=O)O)cc(-c3ccco3)cc1n2Cc1ccccc1. The topological polar surface area (TPSA) is 99.8 Å². The molecule has 0 aliphatic heterocycles. The number of carboxylic acid groups (broad SMARTS) is 1. The van der Waals surface area contributed by atoms with Gasteiger partial charge in [0.15, 0.2) is 5.75 Å². The first-order valence-corrected chi connectivity index (χ1v) is 9.60. The van der Waals surface area contributed by atoms with Gasteiger partial charge in [0.25, 0.3) is 0 Å². The summed E-state index contributed by atoms with van der Waals surface area (Å²) in [5.74, 6) is 6.75. The Balaban J connectivity index is 1.89. The zero-order valence-corrected chi connectivity index (χ0v) is 16.3. The number of carbonyl (C=O) groups is 1. The number of nitrogens with two attached hydrogens (primary N) is 1. The van der Waals surface area contributed by atoms with Crippen LogP contribution in [-0.2, 0) is 6.54 Å².